The van der Waals surface area contributed by atoms with Gasteiger partial charge < -0.3 is 0 Å². The molecule has 0 aromatic rings. The van der Waals surface area contributed by atoms with Crippen molar-refractivity contribution in [3.8, 4) is 0 Å². The topological polar surface area (TPSA) is 63.6 Å². The van der Waals surface area contributed by atoms with Crippen LogP contribution >= 0.6 is 0 Å². The van der Waals surface area contributed by atoms with Crippen LogP contribution < -0.4 is 0 Å². The van der Waals surface area contributed by atoms with Gasteiger partial charge in [-0.1, -0.05) is 0 Å². The molecular weight excluding hydrogens is 265 g/mol. The molecule has 0 aromatic carbocycles. The van der Waals surface area contributed by atoms with E-state index in [1.54, 1.807) is 4.74 Å². The molecule has 0 saturated heterocycles. The van der Waals surface area contributed by atoms with Crippen LogP contribution in [0.3, 0.4) is 0 Å². The van der Waals surface area contributed by atoms with E-state index in [4.69, 9.17) is 4.55 Å². The van der Waals surface area contributed by atoms with Gasteiger partial charge in [0.1, 0.15) is 0 Å². The van der Waals surface area contributed by atoms with Crippen LogP contribution in [0, 0.1) is 0 Å². The molecule has 0 saturated carbocycles. The van der Waals surface area contributed by atoms with Gasteiger partial charge in [-0.05, 0) is 0 Å². The second kappa shape index (κ2) is 3.45. The molecule has 0 spiro atoms. The summed E-state index contributed by atoms with van der Waals surface area (Å²) in [4.78, 5) is 0. The van der Waals surface area contributed by atoms with Crippen molar-refractivity contribution in [2.24, 2.45) is 0 Å². The zero-order valence-electron chi connectivity index (χ0n) is 6.23. The molecule has 0 amide bonds. The quantitative estimate of drug-likeness (QED) is 0.622. The molecule has 15 heavy (non-hydrogen) atoms. The van der Waals surface area contributed by atoms with Gasteiger partial charge in [-0.3, -0.25) is 4.55 Å². The summed E-state index contributed by atoms with van der Waals surface area (Å²) in [6.45, 7) is 0. The Balaban J connectivity index is 5.07. The zero-order chi connectivity index (χ0) is 12.7. The molecule has 0 aliphatic rings. The first kappa shape index (κ1) is 14.4. The Morgan fingerprint density at radius 2 is 1.27 bits per heavy atom. The van der Waals surface area contributed by atoms with Crippen molar-refractivity contribution in [3.05, 3.63) is 0 Å². The molecule has 0 unspecified atom stereocenters. The highest BCUT2D eigenvalue weighted by Gasteiger charge is 2.67. The second-order valence-electron chi connectivity index (χ2n) is 2.06. The second-order valence-corrected chi connectivity index (χ2v) is 3.48. The largest absolute Gasteiger partial charge is 0.492 e. The maximum atomic E-state index is 11.9. The van der Waals surface area contributed by atoms with Crippen LogP contribution in [0.15, 0.2) is 0 Å². The molecule has 0 aliphatic carbocycles. The van der Waals surface area contributed by atoms with Gasteiger partial charge >= 0.3 is 27.8 Å². The van der Waals surface area contributed by atoms with Crippen molar-refractivity contribution in [2.45, 2.75) is 17.7 Å². The van der Waals surface area contributed by atoms with E-state index in [0.717, 1.165) is 0 Å². The minimum Gasteiger partial charge on any atom is -0.279 e. The van der Waals surface area contributed by atoms with Crippen molar-refractivity contribution >= 4 is 10.1 Å². The molecule has 12 heteroatoms. The van der Waals surface area contributed by atoms with Crippen molar-refractivity contribution in [1.29, 1.82) is 0 Å². The van der Waals surface area contributed by atoms with Crippen molar-refractivity contribution < 1.29 is 48.4 Å². The molecule has 1 N–H and O–H groups in total. The van der Waals surface area contributed by atoms with E-state index in [1.807, 2.05) is 0 Å². The van der Waals surface area contributed by atoms with Crippen LogP contribution in [0.2, 0.25) is 0 Å². The Labute approximate surface area is 77.4 Å². The predicted octanol–water partition coefficient (Wildman–Crippen LogP) is 1.60. The minimum absolute atomic E-state index is 1.72. The summed E-state index contributed by atoms with van der Waals surface area (Å²) in [6, 6.07) is 0. The van der Waals surface area contributed by atoms with Gasteiger partial charge in [-0.2, -0.15) is 39.2 Å². The van der Waals surface area contributed by atoms with Crippen LogP contribution in [-0.4, -0.2) is 30.7 Å². The van der Waals surface area contributed by atoms with E-state index in [9.17, 15) is 39.2 Å². The molecule has 0 aromatic heterocycles. The van der Waals surface area contributed by atoms with Crippen LogP contribution in [0.4, 0.5) is 30.7 Å². The van der Waals surface area contributed by atoms with Crippen LogP contribution in [0.25, 0.3) is 0 Å². The van der Waals surface area contributed by atoms with Gasteiger partial charge in [-0.15, -0.1) is 0 Å². The highest BCUT2D eigenvalue weighted by molar-refractivity contribution is 7.86. The highest BCUT2D eigenvalue weighted by Crippen LogP contribution is 2.41. The number of halogens is 7. The lowest BCUT2D eigenvalue weighted by atomic mass is 10.6. The monoisotopic (exact) mass is 266 g/mol. The fraction of sp³-hybridized carbons (Fsp3) is 1.00. The van der Waals surface area contributed by atoms with Gasteiger partial charge in [0.25, 0.3) is 0 Å². The molecule has 0 atom stereocenters. The summed E-state index contributed by atoms with van der Waals surface area (Å²) >= 11 is 0. The third kappa shape index (κ3) is 3.17. The maximum Gasteiger partial charge on any atom is 0.492 e. The van der Waals surface area contributed by atoms with Gasteiger partial charge in [-0.25, -0.2) is 4.74 Å². The summed E-state index contributed by atoms with van der Waals surface area (Å²) in [6.07, 6.45) is -13.0. The summed E-state index contributed by atoms with van der Waals surface area (Å²) in [5, 5.41) is 0. The Morgan fingerprint density at radius 3 is 1.47 bits per heavy atom. The van der Waals surface area contributed by atoms with Gasteiger partial charge in [0.15, 0.2) is 0 Å². The average Bonchev–Trinajstić information content (AvgIpc) is 1.77. The number of hydrogen-bond acceptors (Lipinski definition) is 3. The molecule has 0 rings (SSSR count). The average molecular weight is 266 g/mol. The van der Waals surface area contributed by atoms with E-state index < -0.39 is 27.8 Å². The first-order valence-electron chi connectivity index (χ1n) is 2.70. The fourth-order valence-corrected chi connectivity index (χ4v) is 0.470. The maximum absolute atomic E-state index is 11.9. The van der Waals surface area contributed by atoms with Crippen LogP contribution in [-0.2, 0) is 14.9 Å². The number of alkyl halides is 7. The summed E-state index contributed by atoms with van der Waals surface area (Å²) < 4.78 is 110. The Bertz CT molecular complexity index is 329. The molecular formula is C3HF7O4S. The normalized spacial score (nSPS) is 15.5. The number of ether oxygens (including phenoxy) is 1. The molecule has 0 bridgehead atoms. The third-order valence-corrected chi connectivity index (χ3v) is 1.56. The fourth-order valence-electron chi connectivity index (χ4n) is 0.260. The lowest BCUT2D eigenvalue weighted by Crippen LogP contribution is -2.47. The lowest BCUT2D eigenvalue weighted by Gasteiger charge is -2.22. The van der Waals surface area contributed by atoms with Crippen molar-refractivity contribution in [1.82, 2.24) is 0 Å². The highest BCUT2D eigenvalue weighted by atomic mass is 32.2. The lowest BCUT2D eigenvalue weighted by molar-refractivity contribution is -0.437. The number of hydrogen-bond donors (Lipinski definition) is 1. The van der Waals surface area contributed by atoms with Gasteiger partial charge in [0.2, 0.25) is 0 Å². The van der Waals surface area contributed by atoms with E-state index >= 15 is 0 Å². The smallest absolute Gasteiger partial charge is 0.279 e. The molecule has 0 heterocycles. The van der Waals surface area contributed by atoms with Gasteiger partial charge in [0, 0.05) is 0 Å². The summed E-state index contributed by atoms with van der Waals surface area (Å²) in [7, 11) is -6.53. The molecule has 92 valence electrons. The molecule has 0 aliphatic heterocycles. The predicted molar refractivity (Wildman–Crippen MR) is 28.6 cm³/mol. The van der Waals surface area contributed by atoms with Crippen molar-refractivity contribution in [2.75, 3.05) is 0 Å². The Kier molecular flexibility index (Phi) is 3.31. The van der Waals surface area contributed by atoms with Crippen molar-refractivity contribution in [3.63, 3.8) is 0 Å². The van der Waals surface area contributed by atoms with Crippen LogP contribution in [0.1, 0.15) is 0 Å². The third-order valence-electron chi connectivity index (χ3n) is 0.877. The summed E-state index contributed by atoms with van der Waals surface area (Å²) in [5.41, 5.74) is -6.06. The Hall–Kier alpha value is -0.620. The van der Waals surface area contributed by atoms with E-state index in [1.165, 1.54) is 0 Å². The first-order valence-corrected chi connectivity index (χ1v) is 4.14. The Morgan fingerprint density at radius 1 is 0.933 bits per heavy atom. The summed E-state index contributed by atoms with van der Waals surface area (Å²) in [5.74, 6) is 0. The van der Waals surface area contributed by atoms with E-state index in [0.29, 0.717) is 0 Å². The van der Waals surface area contributed by atoms with E-state index in [2.05, 4.69) is 0 Å². The molecule has 0 fully saturated rings. The zero-order valence-corrected chi connectivity index (χ0v) is 7.04. The minimum atomic E-state index is -6.54. The standard InChI is InChI=1S/C3HF7O4S/c4-1(5,6)2(7,8)14-3(9,10)15(11,12)13/h(H,11,12,13). The van der Waals surface area contributed by atoms with Crippen LogP contribution in [0.5, 0.6) is 0 Å². The van der Waals surface area contributed by atoms with Gasteiger partial charge in [0.05, 0.1) is 0 Å². The van der Waals surface area contributed by atoms with E-state index in [-0.39, 0.29) is 0 Å². The molecule has 0 radical (unpaired) electrons. The first-order chi connectivity index (χ1) is 6.21. The SMILES string of the molecule is O=S(=O)(O)C(F)(F)OC(F)(F)C(F)(F)F. The number of rotatable bonds is 3. The molecule has 4 nitrogen and oxygen atoms in total.